The molecule has 0 saturated heterocycles. The third-order valence-corrected chi connectivity index (χ3v) is 13.3. The van der Waals surface area contributed by atoms with E-state index in [9.17, 15) is 21.0 Å². The highest BCUT2D eigenvalue weighted by Crippen LogP contribution is 2.58. The lowest BCUT2D eigenvalue weighted by Crippen LogP contribution is -2.20. The molecule has 0 atom stereocenters. The summed E-state index contributed by atoms with van der Waals surface area (Å²) in [7, 11) is 0. The van der Waals surface area contributed by atoms with Gasteiger partial charge in [0.15, 0.2) is 0 Å². The zero-order chi connectivity index (χ0) is 37.9. The van der Waals surface area contributed by atoms with E-state index in [1.807, 2.05) is 53.4 Å². The van der Waals surface area contributed by atoms with Crippen molar-refractivity contribution < 1.29 is 0 Å². The first kappa shape index (κ1) is 33.5. The molecule has 0 bridgehead atoms. The van der Waals surface area contributed by atoms with Crippen LogP contribution in [0, 0.1) is 45.3 Å². The lowest BCUT2D eigenvalue weighted by molar-refractivity contribution is 1.12. The Balaban J connectivity index is 1.22. The summed E-state index contributed by atoms with van der Waals surface area (Å²) in [6.45, 7) is 0. The summed E-state index contributed by atoms with van der Waals surface area (Å²) in [6, 6.07) is 55.8. The molecule has 56 heavy (non-hydrogen) atoms. The molecule has 0 radical (unpaired) electrons. The van der Waals surface area contributed by atoms with Gasteiger partial charge in [-0.3, -0.25) is 0 Å². The number of fused-ring (bicyclic) bond motifs is 6. The maximum absolute atomic E-state index is 10.6. The van der Waals surface area contributed by atoms with Crippen molar-refractivity contribution >= 4 is 86.5 Å². The van der Waals surface area contributed by atoms with Crippen molar-refractivity contribution in [3.63, 3.8) is 0 Å². The molecule has 0 N–H and O–H groups in total. The third-order valence-electron chi connectivity index (χ3n) is 9.96. The highest BCUT2D eigenvalue weighted by molar-refractivity contribution is 8.00. The SMILES string of the molecule is N#Cc1cc(C#N)c(C#N)c(N2c3ccc(N4c5ccccc5Sc5ccccc54)cc3Sc3cc(N4c5ccccc5Sc5ccccc54)ccc32)c1C#N. The Bertz CT molecular complexity index is 2720. The zero-order valence-corrected chi connectivity index (χ0v) is 31.6. The quantitative estimate of drug-likeness (QED) is 0.172. The first-order chi connectivity index (χ1) is 27.6. The van der Waals surface area contributed by atoms with Gasteiger partial charge in [-0.25, -0.2) is 0 Å². The van der Waals surface area contributed by atoms with E-state index >= 15 is 0 Å². The Labute approximate surface area is 335 Å². The maximum atomic E-state index is 10.6. The van der Waals surface area contributed by atoms with E-state index < -0.39 is 0 Å². The molecule has 0 unspecified atom stereocenters. The van der Waals surface area contributed by atoms with Gasteiger partial charge in [-0.1, -0.05) is 83.8 Å². The van der Waals surface area contributed by atoms with Crippen molar-refractivity contribution in [2.24, 2.45) is 0 Å². The van der Waals surface area contributed by atoms with Crippen LogP contribution in [0.1, 0.15) is 22.3 Å². The Morgan fingerprint density at radius 2 is 0.679 bits per heavy atom. The summed E-state index contributed by atoms with van der Waals surface area (Å²) < 4.78 is 0. The van der Waals surface area contributed by atoms with Gasteiger partial charge in [0.2, 0.25) is 0 Å². The van der Waals surface area contributed by atoms with Gasteiger partial charge >= 0.3 is 0 Å². The summed E-state index contributed by atoms with van der Waals surface area (Å²) >= 11 is 5.09. The molecule has 0 saturated carbocycles. The van der Waals surface area contributed by atoms with E-state index in [2.05, 4.69) is 119 Å². The van der Waals surface area contributed by atoms with Gasteiger partial charge in [-0.15, -0.1) is 0 Å². The molecule has 3 heterocycles. The molecule has 10 rings (SSSR count). The molecular formula is C46H23N7S3. The molecule has 10 heteroatoms. The number of hydrogen-bond acceptors (Lipinski definition) is 10. The van der Waals surface area contributed by atoms with E-state index in [1.165, 1.54) is 6.07 Å². The largest absolute Gasteiger partial charge is 0.308 e. The molecule has 0 amide bonds. The van der Waals surface area contributed by atoms with E-state index in [0.29, 0.717) is 0 Å². The Hall–Kier alpha value is -7.05. The molecule has 3 aliphatic rings. The van der Waals surface area contributed by atoms with Crippen molar-refractivity contribution in [3.05, 3.63) is 162 Å². The molecular weight excluding hydrogens is 747 g/mol. The zero-order valence-electron chi connectivity index (χ0n) is 29.1. The van der Waals surface area contributed by atoms with Gasteiger partial charge in [-0.2, -0.15) is 21.0 Å². The number of para-hydroxylation sites is 4. The molecule has 7 aromatic rings. The number of nitriles is 4. The minimum absolute atomic E-state index is 0.0330. The fraction of sp³-hybridized carbons (Fsp3) is 0. The van der Waals surface area contributed by atoms with Gasteiger partial charge in [0.1, 0.15) is 24.3 Å². The maximum Gasteiger partial charge on any atom is 0.103 e. The molecule has 0 spiro atoms. The first-order valence-corrected chi connectivity index (χ1v) is 19.9. The summed E-state index contributed by atoms with van der Waals surface area (Å²) in [4.78, 5) is 12.7. The normalized spacial score (nSPS) is 13.0. The van der Waals surface area contributed by atoms with Crippen molar-refractivity contribution in [3.8, 4) is 24.3 Å². The third kappa shape index (κ3) is 5.13. The second-order valence-corrected chi connectivity index (χ2v) is 16.3. The van der Waals surface area contributed by atoms with Crippen molar-refractivity contribution in [2.75, 3.05) is 14.7 Å². The molecule has 260 valence electrons. The van der Waals surface area contributed by atoms with E-state index in [0.717, 1.165) is 74.9 Å². The predicted octanol–water partition coefficient (Wildman–Crippen LogP) is 13.0. The highest BCUT2D eigenvalue weighted by atomic mass is 32.2. The van der Waals surface area contributed by atoms with Gasteiger partial charge in [-0.05, 0) is 91.0 Å². The first-order valence-electron chi connectivity index (χ1n) is 17.5. The Morgan fingerprint density at radius 1 is 0.339 bits per heavy atom. The summed E-state index contributed by atoms with van der Waals surface area (Å²) in [6.07, 6.45) is 0. The van der Waals surface area contributed by atoms with Crippen molar-refractivity contribution in [1.29, 1.82) is 21.0 Å². The van der Waals surface area contributed by atoms with Crippen LogP contribution in [0.5, 0.6) is 0 Å². The van der Waals surface area contributed by atoms with Gasteiger partial charge in [0, 0.05) is 40.7 Å². The van der Waals surface area contributed by atoms with Crippen molar-refractivity contribution in [2.45, 2.75) is 29.4 Å². The van der Waals surface area contributed by atoms with Crippen LogP contribution in [0.15, 0.2) is 169 Å². The van der Waals surface area contributed by atoms with Crippen LogP contribution in [-0.4, -0.2) is 0 Å². The average Bonchev–Trinajstić information content (AvgIpc) is 3.25. The minimum Gasteiger partial charge on any atom is -0.308 e. The fourth-order valence-electron chi connectivity index (χ4n) is 7.57. The highest BCUT2D eigenvalue weighted by Gasteiger charge is 2.34. The van der Waals surface area contributed by atoms with Crippen LogP contribution in [0.3, 0.4) is 0 Å². The lowest BCUT2D eigenvalue weighted by atomic mass is 9.95. The number of nitrogens with zero attached hydrogens (tertiary/aromatic N) is 7. The smallest absolute Gasteiger partial charge is 0.103 e. The molecule has 7 nitrogen and oxygen atoms in total. The van der Waals surface area contributed by atoms with Gasteiger partial charge in [0.05, 0.1) is 62.1 Å². The van der Waals surface area contributed by atoms with Crippen LogP contribution in [0.4, 0.5) is 51.2 Å². The van der Waals surface area contributed by atoms with Crippen LogP contribution < -0.4 is 14.7 Å². The van der Waals surface area contributed by atoms with E-state index in [4.69, 9.17) is 0 Å². The van der Waals surface area contributed by atoms with E-state index in [1.54, 1.807) is 35.3 Å². The Kier molecular flexibility index (Phi) is 7.99. The minimum atomic E-state index is 0.0330. The standard InChI is InChI=1S/C46H23N7S3/c47-24-28-21-29(25-48)33(27-50)46(32(28)26-49)53-38-19-17-30(51-34-9-1-5-13-40(34)54-41-14-6-2-10-35(41)51)22-44(38)56-45-23-31(18-20-39(45)53)52-36-11-3-7-15-42(36)55-43-16-8-4-12-37(43)52/h1-23H. The number of hydrogen-bond donors (Lipinski definition) is 0. The second kappa shape index (κ2) is 13.4. The van der Waals surface area contributed by atoms with Crippen LogP contribution >= 0.6 is 35.3 Å². The van der Waals surface area contributed by atoms with Gasteiger partial charge in [0.25, 0.3) is 0 Å². The van der Waals surface area contributed by atoms with Crippen LogP contribution in [-0.2, 0) is 0 Å². The molecule has 3 aliphatic heterocycles. The van der Waals surface area contributed by atoms with Crippen molar-refractivity contribution in [1.82, 2.24) is 0 Å². The summed E-state index contributed by atoms with van der Waals surface area (Å²) in [5, 5.41) is 41.6. The molecule has 0 aliphatic carbocycles. The van der Waals surface area contributed by atoms with E-state index in [-0.39, 0.29) is 27.9 Å². The fourth-order valence-corrected chi connectivity index (χ4v) is 10.8. The number of benzene rings is 7. The van der Waals surface area contributed by atoms with Gasteiger partial charge < -0.3 is 14.7 Å². The summed E-state index contributed by atoms with van der Waals surface area (Å²) in [5.74, 6) is 0. The molecule has 0 fully saturated rings. The Morgan fingerprint density at radius 3 is 1.04 bits per heavy atom. The number of anilines is 9. The second-order valence-electron chi connectivity index (χ2n) is 13.0. The predicted molar refractivity (Wildman–Crippen MR) is 222 cm³/mol. The number of rotatable bonds is 3. The molecule has 7 aromatic carbocycles. The molecule has 0 aromatic heterocycles. The van der Waals surface area contributed by atoms with Crippen LogP contribution in [0.2, 0.25) is 0 Å². The van der Waals surface area contributed by atoms with Crippen LogP contribution in [0.25, 0.3) is 0 Å². The topological polar surface area (TPSA) is 105 Å². The average molecular weight is 770 g/mol. The lowest BCUT2D eigenvalue weighted by Gasteiger charge is -2.37. The summed E-state index contributed by atoms with van der Waals surface area (Å²) in [5.41, 5.74) is 7.94. The monoisotopic (exact) mass is 769 g/mol.